The van der Waals surface area contributed by atoms with Gasteiger partial charge in [0.25, 0.3) is 5.56 Å². The van der Waals surface area contributed by atoms with E-state index < -0.39 is 22.7 Å². The number of benzene rings is 2. The van der Waals surface area contributed by atoms with Gasteiger partial charge < -0.3 is 33.9 Å². The zero-order valence-corrected chi connectivity index (χ0v) is 22.7. The monoisotopic (exact) mass is 555 g/mol. The van der Waals surface area contributed by atoms with E-state index in [0.29, 0.717) is 36.2 Å². The van der Waals surface area contributed by atoms with Crippen molar-refractivity contribution < 1.29 is 23.8 Å². The van der Waals surface area contributed by atoms with Gasteiger partial charge in [-0.1, -0.05) is 18.2 Å². The normalized spacial score (nSPS) is 13.9. The van der Waals surface area contributed by atoms with Gasteiger partial charge >= 0.3 is 0 Å². The predicted molar refractivity (Wildman–Crippen MR) is 152 cm³/mol. The zero-order valence-electron chi connectivity index (χ0n) is 22.7. The number of fused-ring (bicyclic) bond motifs is 4. The molecule has 10 heteroatoms. The molecule has 0 saturated carbocycles. The van der Waals surface area contributed by atoms with E-state index in [1.807, 2.05) is 18.2 Å². The SMILES string of the molecule is COCc1cc(=O)c(O)c([C@H](CC(=O)N2CCc3c([nH]c4ccccc34)C2)c2cc3cc(OC)ccc3[nH]c2=O)o1. The minimum Gasteiger partial charge on any atom is -0.502 e. The third kappa shape index (κ3) is 4.87. The molecule has 3 N–H and O–H groups in total. The number of aromatic hydroxyl groups is 1. The first-order valence-corrected chi connectivity index (χ1v) is 13.3. The fourth-order valence-corrected chi connectivity index (χ4v) is 5.65. The summed E-state index contributed by atoms with van der Waals surface area (Å²) in [6, 6.07) is 16.0. The van der Waals surface area contributed by atoms with Gasteiger partial charge in [-0.05, 0) is 42.3 Å². The summed E-state index contributed by atoms with van der Waals surface area (Å²) in [5.41, 5.74) is 2.78. The Morgan fingerprint density at radius 2 is 1.90 bits per heavy atom. The molecule has 1 aliphatic heterocycles. The van der Waals surface area contributed by atoms with Crippen LogP contribution in [0, 0.1) is 0 Å². The molecular formula is C31H29N3O7. The maximum absolute atomic E-state index is 13.8. The maximum atomic E-state index is 13.8. The van der Waals surface area contributed by atoms with Crippen LogP contribution in [0.3, 0.4) is 0 Å². The van der Waals surface area contributed by atoms with Gasteiger partial charge in [-0.25, -0.2) is 0 Å². The van der Waals surface area contributed by atoms with Crippen LogP contribution in [-0.2, 0) is 29.1 Å². The van der Waals surface area contributed by atoms with Gasteiger partial charge in [0.15, 0.2) is 5.76 Å². The molecular weight excluding hydrogens is 526 g/mol. The molecule has 0 radical (unpaired) electrons. The number of rotatable bonds is 7. The lowest BCUT2D eigenvalue weighted by molar-refractivity contribution is -0.132. The Hall–Kier alpha value is -4.83. The molecule has 0 unspecified atom stereocenters. The summed E-state index contributed by atoms with van der Waals surface area (Å²) >= 11 is 0. The van der Waals surface area contributed by atoms with E-state index in [1.165, 1.54) is 12.7 Å². The van der Waals surface area contributed by atoms with E-state index in [4.69, 9.17) is 13.9 Å². The number of nitrogens with zero attached hydrogens (tertiary/aromatic N) is 1. The lowest BCUT2D eigenvalue weighted by Crippen LogP contribution is -2.37. The molecule has 0 bridgehead atoms. The van der Waals surface area contributed by atoms with Crippen LogP contribution in [0.5, 0.6) is 11.5 Å². The van der Waals surface area contributed by atoms with Crippen molar-refractivity contribution >= 4 is 27.7 Å². The van der Waals surface area contributed by atoms with Crippen molar-refractivity contribution in [1.82, 2.24) is 14.9 Å². The first-order chi connectivity index (χ1) is 19.9. The highest BCUT2D eigenvalue weighted by Gasteiger charge is 2.32. The topological polar surface area (TPSA) is 138 Å². The molecule has 10 nitrogen and oxygen atoms in total. The lowest BCUT2D eigenvalue weighted by Gasteiger charge is -2.29. The average Bonchev–Trinajstić information content (AvgIpc) is 3.35. The van der Waals surface area contributed by atoms with E-state index in [0.717, 1.165) is 22.7 Å². The highest BCUT2D eigenvalue weighted by Crippen LogP contribution is 2.35. The van der Waals surface area contributed by atoms with Crippen LogP contribution in [0.4, 0.5) is 0 Å². The third-order valence-electron chi connectivity index (χ3n) is 7.67. The number of H-pyrrole nitrogens is 2. The van der Waals surface area contributed by atoms with Crippen LogP contribution >= 0.6 is 0 Å². The van der Waals surface area contributed by atoms with Crippen molar-refractivity contribution in [3.63, 3.8) is 0 Å². The summed E-state index contributed by atoms with van der Waals surface area (Å²) in [7, 11) is 2.99. The number of para-hydroxylation sites is 1. The summed E-state index contributed by atoms with van der Waals surface area (Å²) in [5.74, 6) is -1.35. The third-order valence-corrected chi connectivity index (χ3v) is 7.67. The van der Waals surface area contributed by atoms with Gasteiger partial charge in [-0.2, -0.15) is 0 Å². The summed E-state index contributed by atoms with van der Waals surface area (Å²) < 4.78 is 16.4. The van der Waals surface area contributed by atoms with E-state index >= 15 is 0 Å². The Kier molecular flexibility index (Phi) is 6.84. The Morgan fingerprint density at radius 1 is 1.07 bits per heavy atom. The maximum Gasteiger partial charge on any atom is 0.252 e. The molecule has 6 rings (SSSR count). The molecule has 1 aliphatic rings. The van der Waals surface area contributed by atoms with Gasteiger partial charge in [-0.15, -0.1) is 0 Å². The number of amides is 1. The summed E-state index contributed by atoms with van der Waals surface area (Å²) in [4.78, 5) is 47.9. The molecule has 1 amide bonds. The van der Waals surface area contributed by atoms with Crippen molar-refractivity contribution in [2.45, 2.75) is 31.9 Å². The highest BCUT2D eigenvalue weighted by atomic mass is 16.5. The molecule has 1 atom stereocenters. The second-order valence-electron chi connectivity index (χ2n) is 10.2. The molecule has 0 saturated heterocycles. The number of hydrogen-bond acceptors (Lipinski definition) is 7. The summed E-state index contributed by atoms with van der Waals surface area (Å²) in [6.45, 7) is 0.843. The molecule has 0 aliphatic carbocycles. The number of methoxy groups -OCH3 is 2. The van der Waals surface area contributed by atoms with Crippen LogP contribution in [0.2, 0.25) is 0 Å². The van der Waals surface area contributed by atoms with E-state index in [9.17, 15) is 19.5 Å². The number of nitrogens with one attached hydrogen (secondary N) is 2. The number of hydrogen-bond donors (Lipinski definition) is 3. The van der Waals surface area contributed by atoms with Gasteiger partial charge in [-0.3, -0.25) is 14.4 Å². The van der Waals surface area contributed by atoms with Gasteiger partial charge in [0, 0.05) is 59.2 Å². The Bertz CT molecular complexity index is 1900. The highest BCUT2D eigenvalue weighted by molar-refractivity contribution is 5.86. The molecule has 210 valence electrons. The Morgan fingerprint density at radius 3 is 2.71 bits per heavy atom. The minimum atomic E-state index is -1.05. The zero-order chi connectivity index (χ0) is 28.7. The van der Waals surface area contributed by atoms with E-state index in [2.05, 4.69) is 16.0 Å². The van der Waals surface area contributed by atoms with Crippen LogP contribution < -0.4 is 15.7 Å². The molecule has 0 spiro atoms. The number of aromatic nitrogens is 2. The van der Waals surface area contributed by atoms with Crippen molar-refractivity contribution in [3.05, 3.63) is 104 Å². The summed E-state index contributed by atoms with van der Waals surface area (Å²) in [5, 5.41) is 12.6. The standard InChI is InChI=1S/C31H29N3O7/c1-39-16-19-13-27(35)29(37)30(41-19)22(23-12-17-11-18(40-2)7-8-24(17)33-31(23)38)14-28(36)34-10-9-21-20-5-3-4-6-25(20)32-26(21)15-34/h3-8,11-13,22,32,37H,9-10,14-16H2,1-2H3,(H,33,38)/t22-/m1/s1. The number of ether oxygens (including phenoxy) is 2. The van der Waals surface area contributed by atoms with Crippen molar-refractivity contribution in [2.24, 2.45) is 0 Å². The Balaban J connectivity index is 1.42. The molecule has 0 fully saturated rings. The van der Waals surface area contributed by atoms with Gasteiger partial charge in [0.05, 0.1) is 19.6 Å². The number of carbonyl (C=O) groups is 1. The number of aromatic amines is 2. The van der Waals surface area contributed by atoms with E-state index in [1.54, 1.807) is 36.3 Å². The van der Waals surface area contributed by atoms with Crippen LogP contribution in [0.15, 0.2) is 68.6 Å². The van der Waals surface area contributed by atoms with Gasteiger partial charge in [0.1, 0.15) is 18.1 Å². The number of pyridine rings is 1. The van der Waals surface area contributed by atoms with Gasteiger partial charge in [0.2, 0.25) is 17.1 Å². The lowest BCUT2D eigenvalue weighted by atomic mass is 9.91. The average molecular weight is 556 g/mol. The Labute approximate surface area is 234 Å². The first-order valence-electron chi connectivity index (χ1n) is 13.3. The molecule has 4 heterocycles. The minimum absolute atomic E-state index is 0.0241. The smallest absolute Gasteiger partial charge is 0.252 e. The van der Waals surface area contributed by atoms with Crippen molar-refractivity contribution in [2.75, 3.05) is 20.8 Å². The van der Waals surface area contributed by atoms with Crippen molar-refractivity contribution in [1.29, 1.82) is 0 Å². The first kappa shape index (κ1) is 26.4. The molecule has 2 aromatic carbocycles. The second kappa shape index (κ2) is 10.6. The summed E-state index contributed by atoms with van der Waals surface area (Å²) in [6.07, 6.45) is 0.469. The molecule has 3 aromatic heterocycles. The number of carbonyl (C=O) groups excluding carboxylic acids is 1. The molecule has 41 heavy (non-hydrogen) atoms. The quantitative estimate of drug-likeness (QED) is 0.277. The van der Waals surface area contributed by atoms with E-state index in [-0.39, 0.29) is 36.0 Å². The predicted octanol–water partition coefficient (Wildman–Crippen LogP) is 3.93. The largest absolute Gasteiger partial charge is 0.502 e. The van der Waals surface area contributed by atoms with Crippen LogP contribution in [0.1, 0.15) is 40.7 Å². The van der Waals surface area contributed by atoms with Crippen molar-refractivity contribution in [3.8, 4) is 11.5 Å². The second-order valence-corrected chi connectivity index (χ2v) is 10.2. The van der Waals surface area contributed by atoms with Crippen LogP contribution in [0.25, 0.3) is 21.8 Å². The fraction of sp³-hybridized carbons (Fsp3) is 0.258. The fourth-order valence-electron chi connectivity index (χ4n) is 5.65. The molecule has 5 aromatic rings. The van der Waals surface area contributed by atoms with Crippen LogP contribution in [-0.4, -0.2) is 46.6 Å².